The number of aryl methyl sites for hydroxylation is 1. The number of ether oxygens (including phenoxy) is 1. The molecule has 0 saturated carbocycles. The van der Waals surface area contributed by atoms with Gasteiger partial charge in [-0.3, -0.25) is 20.4 Å². The van der Waals surface area contributed by atoms with Gasteiger partial charge in [-0.15, -0.1) is 0 Å². The van der Waals surface area contributed by atoms with E-state index in [0.29, 0.717) is 16.3 Å². The average Bonchev–Trinajstić information content (AvgIpc) is 2.67. The van der Waals surface area contributed by atoms with Crippen LogP contribution in [0.5, 0.6) is 5.75 Å². The summed E-state index contributed by atoms with van der Waals surface area (Å²) in [6.45, 7) is 7.56. The van der Waals surface area contributed by atoms with Crippen LogP contribution < -0.4 is 20.5 Å². The van der Waals surface area contributed by atoms with Crippen LogP contribution in [0.4, 0.5) is 5.69 Å². The highest BCUT2D eigenvalue weighted by molar-refractivity contribution is 6.30. The molecule has 0 bridgehead atoms. The van der Waals surface area contributed by atoms with Gasteiger partial charge in [0, 0.05) is 29.4 Å². The van der Waals surface area contributed by atoms with Crippen molar-refractivity contribution in [2.24, 2.45) is 0 Å². The molecule has 2 amide bonds. The van der Waals surface area contributed by atoms with Gasteiger partial charge in [0.25, 0.3) is 11.8 Å². The predicted molar refractivity (Wildman–Crippen MR) is 107 cm³/mol. The van der Waals surface area contributed by atoms with E-state index in [4.69, 9.17) is 16.3 Å². The highest BCUT2D eigenvalue weighted by Gasteiger charge is 2.10. The number of hydrogen-bond donors (Lipinski definition) is 2. The summed E-state index contributed by atoms with van der Waals surface area (Å²) in [4.78, 5) is 26.2. The molecule has 27 heavy (non-hydrogen) atoms. The Balaban J connectivity index is 1.83. The molecule has 0 aromatic heterocycles. The van der Waals surface area contributed by atoms with Crippen molar-refractivity contribution in [2.45, 2.75) is 20.8 Å². The number of nitrogens with one attached hydrogen (secondary N) is 2. The van der Waals surface area contributed by atoms with Crippen LogP contribution in [-0.4, -0.2) is 31.5 Å². The average molecular weight is 390 g/mol. The Morgan fingerprint density at radius 2 is 1.70 bits per heavy atom. The molecule has 2 N–H and O–H groups in total. The second-order valence-corrected chi connectivity index (χ2v) is 6.36. The topological polar surface area (TPSA) is 70.7 Å². The van der Waals surface area contributed by atoms with Crippen molar-refractivity contribution < 1.29 is 14.3 Å². The van der Waals surface area contributed by atoms with Crippen LogP contribution in [0.2, 0.25) is 5.02 Å². The van der Waals surface area contributed by atoms with Gasteiger partial charge in [0.05, 0.1) is 0 Å². The molecule has 0 aliphatic rings. The number of carbonyl (C=O) groups excluding carboxylic acids is 2. The van der Waals surface area contributed by atoms with Crippen LogP contribution in [0, 0.1) is 6.92 Å². The first-order chi connectivity index (χ1) is 12.9. The van der Waals surface area contributed by atoms with E-state index in [0.717, 1.165) is 24.3 Å². The van der Waals surface area contributed by atoms with Gasteiger partial charge >= 0.3 is 0 Å². The Morgan fingerprint density at radius 3 is 2.30 bits per heavy atom. The van der Waals surface area contributed by atoms with Crippen molar-refractivity contribution in [3.8, 4) is 5.75 Å². The van der Waals surface area contributed by atoms with E-state index in [2.05, 4.69) is 29.6 Å². The van der Waals surface area contributed by atoms with Crippen LogP contribution in [-0.2, 0) is 4.79 Å². The Kier molecular flexibility index (Phi) is 7.49. The van der Waals surface area contributed by atoms with E-state index in [1.807, 2.05) is 19.1 Å². The number of hydrazine groups is 1. The normalized spacial score (nSPS) is 10.2. The lowest BCUT2D eigenvalue weighted by atomic mass is 10.2. The zero-order chi connectivity index (χ0) is 19.8. The monoisotopic (exact) mass is 389 g/mol. The van der Waals surface area contributed by atoms with E-state index in [9.17, 15) is 9.59 Å². The quantitative estimate of drug-likeness (QED) is 0.712. The van der Waals surface area contributed by atoms with Crippen LogP contribution >= 0.6 is 11.6 Å². The van der Waals surface area contributed by atoms with E-state index in [1.165, 1.54) is 0 Å². The van der Waals surface area contributed by atoms with Gasteiger partial charge in [-0.05, 0) is 68.8 Å². The summed E-state index contributed by atoms with van der Waals surface area (Å²) in [5.41, 5.74) is 7.06. The van der Waals surface area contributed by atoms with E-state index in [-0.39, 0.29) is 6.61 Å². The van der Waals surface area contributed by atoms with Gasteiger partial charge in [-0.2, -0.15) is 0 Å². The summed E-state index contributed by atoms with van der Waals surface area (Å²) in [7, 11) is 0. The Bertz CT molecular complexity index is 790. The zero-order valence-corrected chi connectivity index (χ0v) is 16.5. The fourth-order valence-electron chi connectivity index (χ4n) is 2.57. The van der Waals surface area contributed by atoms with Crippen molar-refractivity contribution in [3.05, 3.63) is 58.6 Å². The highest BCUT2D eigenvalue weighted by Crippen LogP contribution is 2.21. The number of anilines is 1. The zero-order valence-electron chi connectivity index (χ0n) is 15.7. The van der Waals surface area contributed by atoms with Gasteiger partial charge in [-0.25, -0.2) is 0 Å². The number of rotatable bonds is 7. The first-order valence-corrected chi connectivity index (χ1v) is 9.15. The Labute approximate surface area is 164 Å². The van der Waals surface area contributed by atoms with E-state index >= 15 is 0 Å². The molecule has 2 aromatic rings. The third-order valence-electron chi connectivity index (χ3n) is 4.07. The molecular formula is C20H24ClN3O3. The minimum absolute atomic E-state index is 0.219. The second kappa shape index (κ2) is 9.83. The van der Waals surface area contributed by atoms with Gasteiger partial charge in [-0.1, -0.05) is 11.6 Å². The summed E-state index contributed by atoms with van der Waals surface area (Å²) in [5, 5.41) is 0.601. The number of halogens is 1. The van der Waals surface area contributed by atoms with E-state index < -0.39 is 11.8 Å². The largest absolute Gasteiger partial charge is 0.483 e. The molecule has 0 heterocycles. The van der Waals surface area contributed by atoms with Crippen LogP contribution in [0.25, 0.3) is 0 Å². The number of carbonyl (C=O) groups is 2. The van der Waals surface area contributed by atoms with Crippen molar-refractivity contribution in [1.82, 2.24) is 10.9 Å². The standard InChI is InChI=1S/C20H24ClN3O3/c1-4-24(5-2)17-9-6-15(7-10-17)20(26)23-22-19(25)13-27-18-11-8-16(21)12-14(18)3/h6-12H,4-5,13H2,1-3H3,(H,22,25)(H,23,26). The van der Waals surface area contributed by atoms with Crippen LogP contribution in [0.3, 0.4) is 0 Å². The molecule has 6 nitrogen and oxygen atoms in total. The summed E-state index contributed by atoms with van der Waals surface area (Å²) >= 11 is 5.88. The maximum absolute atomic E-state index is 12.1. The van der Waals surface area contributed by atoms with Crippen molar-refractivity contribution in [3.63, 3.8) is 0 Å². The first-order valence-electron chi connectivity index (χ1n) is 8.77. The molecule has 144 valence electrons. The second-order valence-electron chi connectivity index (χ2n) is 5.92. The van der Waals surface area contributed by atoms with Crippen molar-refractivity contribution >= 4 is 29.1 Å². The highest BCUT2D eigenvalue weighted by atomic mass is 35.5. The van der Waals surface area contributed by atoms with Gasteiger partial charge in [0.2, 0.25) is 0 Å². The minimum Gasteiger partial charge on any atom is -0.483 e. The minimum atomic E-state index is -0.461. The van der Waals surface area contributed by atoms with E-state index in [1.54, 1.807) is 30.3 Å². The first kappa shape index (κ1) is 20.6. The molecule has 0 radical (unpaired) electrons. The molecule has 7 heteroatoms. The molecule has 0 fully saturated rings. The lowest BCUT2D eigenvalue weighted by Crippen LogP contribution is -2.43. The third-order valence-corrected chi connectivity index (χ3v) is 4.30. The molecule has 2 rings (SSSR count). The van der Waals surface area contributed by atoms with Crippen LogP contribution in [0.15, 0.2) is 42.5 Å². The maximum atomic E-state index is 12.1. The smallest absolute Gasteiger partial charge is 0.276 e. The molecule has 0 aliphatic heterocycles. The van der Waals surface area contributed by atoms with Crippen molar-refractivity contribution in [2.75, 3.05) is 24.6 Å². The maximum Gasteiger partial charge on any atom is 0.276 e. The molecule has 0 atom stereocenters. The summed E-state index contributed by atoms with van der Waals surface area (Å²) in [6, 6.07) is 12.3. The SMILES string of the molecule is CCN(CC)c1ccc(C(=O)NNC(=O)COc2ccc(Cl)cc2C)cc1. The van der Waals surface area contributed by atoms with Gasteiger partial charge in [0.1, 0.15) is 5.75 Å². The molecule has 0 unspecified atom stereocenters. The number of benzene rings is 2. The lowest BCUT2D eigenvalue weighted by Gasteiger charge is -2.21. The molecule has 2 aromatic carbocycles. The molecule has 0 saturated heterocycles. The summed E-state index contributed by atoms with van der Waals surface area (Å²) < 4.78 is 5.43. The van der Waals surface area contributed by atoms with Gasteiger partial charge < -0.3 is 9.64 Å². The molecular weight excluding hydrogens is 366 g/mol. The fraction of sp³-hybridized carbons (Fsp3) is 0.300. The van der Waals surface area contributed by atoms with Crippen LogP contribution in [0.1, 0.15) is 29.8 Å². The number of nitrogens with zero attached hydrogens (tertiary/aromatic N) is 1. The van der Waals surface area contributed by atoms with Crippen molar-refractivity contribution in [1.29, 1.82) is 0 Å². The summed E-state index contributed by atoms with van der Waals surface area (Å²) in [6.07, 6.45) is 0. The molecule has 0 spiro atoms. The Morgan fingerprint density at radius 1 is 1.04 bits per heavy atom. The predicted octanol–water partition coefficient (Wildman–Crippen LogP) is 3.33. The number of hydrogen-bond acceptors (Lipinski definition) is 4. The van der Waals surface area contributed by atoms with Gasteiger partial charge in [0.15, 0.2) is 6.61 Å². The third kappa shape index (κ3) is 5.89. The number of amides is 2. The molecule has 0 aliphatic carbocycles. The lowest BCUT2D eigenvalue weighted by molar-refractivity contribution is -0.123. The summed E-state index contributed by atoms with van der Waals surface area (Å²) in [5.74, 6) is -0.289. The fourth-order valence-corrected chi connectivity index (χ4v) is 2.79. The Hall–Kier alpha value is -2.73.